The lowest BCUT2D eigenvalue weighted by Crippen LogP contribution is -2.67. The lowest BCUT2D eigenvalue weighted by atomic mass is 9.95. The molecule has 5 aromatic rings. The minimum atomic E-state index is -1.64. The third-order valence-corrected chi connectivity index (χ3v) is 8.11. The zero-order chi connectivity index (χ0) is 36.3. The van der Waals surface area contributed by atoms with Gasteiger partial charge in [-0.25, -0.2) is 19.2 Å². The van der Waals surface area contributed by atoms with E-state index in [4.69, 9.17) is 23.7 Å². The summed E-state index contributed by atoms with van der Waals surface area (Å²) in [5.41, 5.74) is 0.962. The number of hydrogen-bond acceptors (Lipinski definition) is 10. The summed E-state index contributed by atoms with van der Waals surface area (Å²) < 4.78 is 29.8. The van der Waals surface area contributed by atoms with E-state index in [9.17, 15) is 24.0 Å². The second-order valence-electron chi connectivity index (χ2n) is 11.6. The van der Waals surface area contributed by atoms with Crippen molar-refractivity contribution in [3.8, 4) is 0 Å². The van der Waals surface area contributed by atoms with Gasteiger partial charge in [0.25, 0.3) is 5.91 Å². The fourth-order valence-electron chi connectivity index (χ4n) is 5.49. The summed E-state index contributed by atoms with van der Waals surface area (Å²) in [7, 11) is 0. The number of amides is 1. The largest absolute Gasteiger partial charge is 0.459 e. The minimum Gasteiger partial charge on any atom is -0.459 e. The predicted octanol–water partition coefficient (Wildman–Crippen LogP) is 5.68. The van der Waals surface area contributed by atoms with E-state index in [0.717, 1.165) is 0 Å². The smallest absolute Gasteiger partial charge is 0.340 e. The lowest BCUT2D eigenvalue weighted by Gasteiger charge is -2.44. The van der Waals surface area contributed by atoms with Gasteiger partial charge in [-0.1, -0.05) is 91.0 Å². The maximum Gasteiger partial charge on any atom is 0.340 e. The number of esters is 4. The van der Waals surface area contributed by atoms with Gasteiger partial charge >= 0.3 is 23.9 Å². The highest BCUT2D eigenvalue weighted by Gasteiger charge is 2.53. The van der Waals surface area contributed by atoms with Crippen LogP contribution in [0, 0.1) is 0 Å². The van der Waals surface area contributed by atoms with Crippen LogP contribution in [0.5, 0.6) is 0 Å². The molecule has 0 unspecified atom stereocenters. The van der Waals surface area contributed by atoms with Crippen molar-refractivity contribution in [2.75, 3.05) is 6.61 Å². The molecule has 1 aliphatic heterocycles. The van der Waals surface area contributed by atoms with Crippen LogP contribution in [0.4, 0.5) is 0 Å². The topological polar surface area (TPSA) is 144 Å². The van der Waals surface area contributed by atoms with E-state index in [1.54, 1.807) is 115 Å². The van der Waals surface area contributed by atoms with Crippen molar-refractivity contribution < 1.29 is 47.7 Å². The molecule has 11 heteroatoms. The van der Waals surface area contributed by atoms with Gasteiger partial charge in [-0.2, -0.15) is 0 Å². The van der Waals surface area contributed by atoms with E-state index in [-0.39, 0.29) is 27.8 Å². The van der Waals surface area contributed by atoms with Gasteiger partial charge in [-0.15, -0.1) is 0 Å². The fourth-order valence-corrected chi connectivity index (χ4v) is 5.49. The van der Waals surface area contributed by atoms with Crippen LogP contribution in [-0.4, -0.2) is 67.0 Å². The van der Waals surface area contributed by atoms with Gasteiger partial charge in [-0.05, 0) is 60.7 Å². The molecule has 1 aliphatic rings. The van der Waals surface area contributed by atoms with Gasteiger partial charge in [0.05, 0.1) is 22.3 Å². The Morgan fingerprint density at radius 3 is 1.27 bits per heavy atom. The summed E-state index contributed by atoms with van der Waals surface area (Å²) in [6.07, 6.45) is -6.05. The van der Waals surface area contributed by atoms with Crippen molar-refractivity contribution in [1.29, 1.82) is 0 Å². The van der Waals surface area contributed by atoms with Crippen LogP contribution in [0.15, 0.2) is 152 Å². The highest BCUT2D eigenvalue weighted by atomic mass is 16.7. The second-order valence-corrected chi connectivity index (χ2v) is 11.6. The Morgan fingerprint density at radius 1 is 0.462 bits per heavy atom. The molecule has 0 bridgehead atoms. The van der Waals surface area contributed by atoms with Gasteiger partial charge in [0, 0.05) is 5.56 Å². The van der Waals surface area contributed by atoms with Crippen molar-refractivity contribution >= 4 is 29.8 Å². The van der Waals surface area contributed by atoms with E-state index in [0.29, 0.717) is 0 Å². The lowest BCUT2D eigenvalue weighted by molar-refractivity contribution is -0.251. The second kappa shape index (κ2) is 16.9. The number of carbonyl (C=O) groups excluding carboxylic acids is 5. The van der Waals surface area contributed by atoms with Crippen molar-refractivity contribution in [3.05, 3.63) is 179 Å². The molecule has 1 saturated heterocycles. The average molecular weight is 700 g/mol. The van der Waals surface area contributed by atoms with Gasteiger partial charge in [0.15, 0.2) is 12.2 Å². The molecule has 0 spiro atoms. The molecule has 5 aromatic carbocycles. The third-order valence-electron chi connectivity index (χ3n) is 8.11. The quantitative estimate of drug-likeness (QED) is 0.135. The molecule has 0 aliphatic carbocycles. The molecule has 1 heterocycles. The first-order valence-electron chi connectivity index (χ1n) is 16.4. The fraction of sp³-hybridized carbons (Fsp3) is 0.146. The van der Waals surface area contributed by atoms with E-state index in [1.165, 1.54) is 36.4 Å². The normalized spacial score (nSPS) is 19.3. The zero-order valence-electron chi connectivity index (χ0n) is 27.6. The Labute approximate surface area is 299 Å². The van der Waals surface area contributed by atoms with Crippen LogP contribution in [0.1, 0.15) is 51.8 Å². The first-order valence-corrected chi connectivity index (χ1v) is 16.4. The Balaban J connectivity index is 1.41. The summed E-state index contributed by atoms with van der Waals surface area (Å²) >= 11 is 0. The highest BCUT2D eigenvalue weighted by Crippen LogP contribution is 2.30. The van der Waals surface area contributed by atoms with E-state index >= 15 is 0 Å². The Kier molecular flexibility index (Phi) is 11.4. The van der Waals surface area contributed by atoms with Gasteiger partial charge in [-0.3, -0.25) is 4.79 Å². The van der Waals surface area contributed by atoms with E-state index in [2.05, 4.69) is 5.32 Å². The first-order chi connectivity index (χ1) is 25.4. The van der Waals surface area contributed by atoms with E-state index < -0.39 is 67.0 Å². The number of nitrogens with one attached hydrogen (secondary N) is 1. The molecule has 1 amide bonds. The molecule has 11 nitrogen and oxygen atoms in total. The van der Waals surface area contributed by atoms with Crippen molar-refractivity contribution in [3.63, 3.8) is 0 Å². The number of rotatable bonds is 11. The molecule has 262 valence electrons. The Hall–Kier alpha value is -6.59. The molecule has 0 aromatic heterocycles. The summed E-state index contributed by atoms with van der Waals surface area (Å²) in [5, 5.41) is 2.79. The molecule has 6 rings (SSSR count). The highest BCUT2D eigenvalue weighted by molar-refractivity contribution is 5.95. The molecule has 52 heavy (non-hydrogen) atoms. The molecule has 5 atom stereocenters. The van der Waals surface area contributed by atoms with E-state index in [1.807, 2.05) is 0 Å². The van der Waals surface area contributed by atoms with Gasteiger partial charge in [0.2, 0.25) is 6.29 Å². The monoisotopic (exact) mass is 699 g/mol. The van der Waals surface area contributed by atoms with Crippen LogP contribution >= 0.6 is 0 Å². The van der Waals surface area contributed by atoms with Crippen LogP contribution in [0.3, 0.4) is 0 Å². The predicted molar refractivity (Wildman–Crippen MR) is 186 cm³/mol. The SMILES string of the molecule is O=C(N[C@H]1[C@H](OC(=O)c2ccccc2)O[C@H](COC(=O)c2ccccc2)[C@@H](OC(=O)c2ccccc2)[C@@H]1OC(=O)c1ccccc1)c1ccccc1. The van der Waals surface area contributed by atoms with Crippen molar-refractivity contribution in [2.45, 2.75) is 30.6 Å². The van der Waals surface area contributed by atoms with Crippen LogP contribution in [-0.2, 0) is 23.7 Å². The summed E-state index contributed by atoms with van der Waals surface area (Å²) in [6.45, 7) is -0.529. The zero-order valence-corrected chi connectivity index (χ0v) is 27.6. The molecule has 1 fully saturated rings. The summed E-state index contributed by atoms with van der Waals surface area (Å²) in [6, 6.07) is 39.1. The number of benzene rings is 5. The Morgan fingerprint density at radius 2 is 0.827 bits per heavy atom. The summed E-state index contributed by atoms with van der Waals surface area (Å²) in [5.74, 6) is -3.81. The molecular weight excluding hydrogens is 666 g/mol. The van der Waals surface area contributed by atoms with Gasteiger partial charge in [0.1, 0.15) is 18.8 Å². The third kappa shape index (κ3) is 8.76. The standard InChI is InChI=1S/C41H33NO10/c43-36(27-16-6-1-7-17-27)42-33-35(51-39(46)30-22-12-4-13-23-30)34(50-38(45)29-20-10-3-11-21-29)32(26-48-37(44)28-18-8-2-9-19-28)49-41(33)52-40(47)31-24-14-5-15-25-31/h1-25,32-35,41H,26H2,(H,42,43)/t32-,33-,34-,35-,41+/m1/s1. The van der Waals surface area contributed by atoms with Crippen LogP contribution in [0.25, 0.3) is 0 Å². The minimum absolute atomic E-state index is 0.153. The van der Waals surface area contributed by atoms with Crippen molar-refractivity contribution in [2.24, 2.45) is 0 Å². The average Bonchev–Trinajstić information content (AvgIpc) is 3.20. The van der Waals surface area contributed by atoms with Crippen molar-refractivity contribution in [1.82, 2.24) is 5.32 Å². The van der Waals surface area contributed by atoms with Crippen LogP contribution < -0.4 is 5.32 Å². The maximum absolute atomic E-state index is 13.7. The number of ether oxygens (including phenoxy) is 5. The molecular formula is C41H33NO10. The molecule has 0 radical (unpaired) electrons. The first kappa shape index (κ1) is 35.2. The molecule has 0 saturated carbocycles. The maximum atomic E-state index is 13.7. The summed E-state index contributed by atoms with van der Waals surface area (Å²) in [4.78, 5) is 67.6. The molecule has 1 N–H and O–H groups in total. The van der Waals surface area contributed by atoms with Gasteiger partial charge < -0.3 is 29.0 Å². The number of hydrogen-bond donors (Lipinski definition) is 1. The van der Waals surface area contributed by atoms with Crippen LogP contribution in [0.2, 0.25) is 0 Å². The number of carbonyl (C=O) groups is 5. The Bertz CT molecular complexity index is 1980.